The average Bonchev–Trinajstić information content (AvgIpc) is 2.71. The number of hydrogen-bond acceptors (Lipinski definition) is 4. The molecule has 1 aromatic rings. The number of carbonyl (C=O) groups excluding carboxylic acids is 1. The molecule has 0 bridgehead atoms. The van der Waals surface area contributed by atoms with Crippen molar-refractivity contribution >= 4 is 11.8 Å². The van der Waals surface area contributed by atoms with E-state index in [1.807, 2.05) is 12.3 Å². The molecule has 6 heteroatoms. The van der Waals surface area contributed by atoms with Crippen LogP contribution in [0.3, 0.4) is 0 Å². The molecule has 1 unspecified atom stereocenters. The van der Waals surface area contributed by atoms with E-state index in [9.17, 15) is 4.79 Å². The fraction of sp³-hybridized carbons (Fsp3) is 0.727. The molecule has 158 valence electrons. The average molecular weight is 390 g/mol. The number of anilines is 1. The Bertz CT molecular complexity index is 582. The van der Waals surface area contributed by atoms with Crippen LogP contribution in [-0.4, -0.2) is 54.7 Å². The fourth-order valence-corrected chi connectivity index (χ4v) is 3.97. The topological polar surface area (TPSA) is 60.5 Å². The first-order valence-electron chi connectivity index (χ1n) is 11.0. The van der Waals surface area contributed by atoms with Crippen molar-refractivity contribution in [2.24, 2.45) is 5.92 Å². The van der Waals surface area contributed by atoms with Crippen LogP contribution >= 0.6 is 0 Å². The highest BCUT2D eigenvalue weighted by Gasteiger charge is 2.18. The summed E-state index contributed by atoms with van der Waals surface area (Å²) in [6.45, 7) is 14.2. The van der Waals surface area contributed by atoms with Gasteiger partial charge in [-0.15, -0.1) is 0 Å². The third-order valence-corrected chi connectivity index (χ3v) is 5.51. The van der Waals surface area contributed by atoms with E-state index < -0.39 is 0 Å². The standard InChI is InChI=1S/C22H39N5O/c1-5-26(6-2)20(14-18(3)4)17-25-22(28)24-16-19-10-11-23-21(15-19)27-12-8-7-9-13-27/h10-11,15,18,20H,5-9,12-14,16-17H2,1-4H3,(H2,24,25,28). The minimum atomic E-state index is -0.0998. The van der Waals surface area contributed by atoms with Crippen LogP contribution in [0.5, 0.6) is 0 Å². The van der Waals surface area contributed by atoms with Crippen LogP contribution in [-0.2, 0) is 6.54 Å². The van der Waals surface area contributed by atoms with Gasteiger partial charge >= 0.3 is 6.03 Å². The lowest BCUT2D eigenvalue weighted by atomic mass is 10.0. The molecule has 0 aliphatic carbocycles. The van der Waals surface area contributed by atoms with E-state index in [4.69, 9.17) is 0 Å². The van der Waals surface area contributed by atoms with Crippen LogP contribution in [0.15, 0.2) is 18.3 Å². The number of nitrogens with one attached hydrogen (secondary N) is 2. The summed E-state index contributed by atoms with van der Waals surface area (Å²) in [7, 11) is 0. The zero-order chi connectivity index (χ0) is 20.4. The van der Waals surface area contributed by atoms with Crippen molar-refractivity contribution in [1.82, 2.24) is 20.5 Å². The maximum Gasteiger partial charge on any atom is 0.315 e. The van der Waals surface area contributed by atoms with Crippen LogP contribution in [0.4, 0.5) is 10.6 Å². The van der Waals surface area contributed by atoms with Crippen LogP contribution in [0.2, 0.25) is 0 Å². The summed E-state index contributed by atoms with van der Waals surface area (Å²) in [5.74, 6) is 1.64. The summed E-state index contributed by atoms with van der Waals surface area (Å²) in [5.41, 5.74) is 1.09. The number of rotatable bonds is 10. The molecule has 1 aromatic heterocycles. The van der Waals surface area contributed by atoms with Gasteiger partial charge in [0.25, 0.3) is 0 Å². The third kappa shape index (κ3) is 7.30. The van der Waals surface area contributed by atoms with Gasteiger partial charge in [-0.2, -0.15) is 0 Å². The molecule has 2 N–H and O–H groups in total. The number of piperidine rings is 1. The van der Waals surface area contributed by atoms with Gasteiger partial charge in [-0.1, -0.05) is 27.7 Å². The lowest BCUT2D eigenvalue weighted by Crippen LogP contribution is -2.46. The number of likely N-dealkylation sites (N-methyl/N-ethyl adjacent to an activating group) is 1. The molecule has 1 fully saturated rings. The Morgan fingerprint density at radius 1 is 1.18 bits per heavy atom. The second-order valence-corrected chi connectivity index (χ2v) is 8.14. The first kappa shape index (κ1) is 22.5. The maximum atomic E-state index is 12.3. The van der Waals surface area contributed by atoms with E-state index in [2.05, 4.69) is 59.2 Å². The zero-order valence-electron chi connectivity index (χ0n) is 18.2. The minimum Gasteiger partial charge on any atom is -0.357 e. The molecule has 2 amide bonds. The molecule has 1 aliphatic heterocycles. The monoisotopic (exact) mass is 389 g/mol. The second kappa shape index (κ2) is 11.9. The third-order valence-electron chi connectivity index (χ3n) is 5.51. The van der Waals surface area contributed by atoms with Crippen molar-refractivity contribution in [3.8, 4) is 0 Å². The maximum absolute atomic E-state index is 12.3. The highest BCUT2D eigenvalue weighted by Crippen LogP contribution is 2.18. The summed E-state index contributed by atoms with van der Waals surface area (Å²) in [4.78, 5) is 21.6. The number of hydrogen-bond donors (Lipinski definition) is 2. The van der Waals surface area contributed by atoms with Gasteiger partial charge in [0.15, 0.2) is 0 Å². The molecule has 2 heterocycles. The molecule has 0 aromatic carbocycles. The van der Waals surface area contributed by atoms with Gasteiger partial charge in [0.1, 0.15) is 5.82 Å². The van der Waals surface area contributed by atoms with Gasteiger partial charge in [-0.3, -0.25) is 4.90 Å². The van der Waals surface area contributed by atoms with E-state index in [1.54, 1.807) is 0 Å². The van der Waals surface area contributed by atoms with E-state index in [0.717, 1.165) is 44.0 Å². The van der Waals surface area contributed by atoms with Gasteiger partial charge in [-0.05, 0) is 62.4 Å². The SMILES string of the molecule is CCN(CC)C(CNC(=O)NCc1ccnc(N2CCCCC2)c1)CC(C)C. The Morgan fingerprint density at radius 2 is 1.89 bits per heavy atom. The summed E-state index contributed by atoms with van der Waals surface area (Å²) in [5, 5.41) is 6.07. The lowest BCUT2D eigenvalue weighted by molar-refractivity contribution is 0.184. The summed E-state index contributed by atoms with van der Waals surface area (Å²) >= 11 is 0. The lowest BCUT2D eigenvalue weighted by Gasteiger charge is -2.31. The molecule has 0 saturated carbocycles. The zero-order valence-corrected chi connectivity index (χ0v) is 18.2. The first-order chi connectivity index (χ1) is 13.5. The van der Waals surface area contributed by atoms with Crippen LogP contribution < -0.4 is 15.5 Å². The predicted octanol–water partition coefficient (Wildman–Crippen LogP) is 3.63. The Hall–Kier alpha value is -1.82. The molecule has 0 spiro atoms. The number of amides is 2. The fourth-order valence-electron chi connectivity index (χ4n) is 3.97. The number of urea groups is 1. The van der Waals surface area contributed by atoms with E-state index >= 15 is 0 Å². The van der Waals surface area contributed by atoms with Crippen molar-refractivity contribution in [2.45, 2.75) is 66.0 Å². The van der Waals surface area contributed by atoms with Crippen LogP contribution in [0, 0.1) is 5.92 Å². The number of nitrogens with zero attached hydrogens (tertiary/aromatic N) is 3. The van der Waals surface area contributed by atoms with Crippen molar-refractivity contribution in [3.05, 3.63) is 23.9 Å². The Kier molecular flexibility index (Phi) is 9.55. The molecule has 1 atom stereocenters. The van der Waals surface area contributed by atoms with Crippen molar-refractivity contribution in [3.63, 3.8) is 0 Å². The molecule has 0 radical (unpaired) electrons. The minimum absolute atomic E-state index is 0.0998. The smallest absolute Gasteiger partial charge is 0.315 e. The Labute approximate surface area is 171 Å². The molecule has 2 rings (SSSR count). The number of pyridine rings is 1. The summed E-state index contributed by atoms with van der Waals surface area (Å²) in [6, 6.07) is 4.36. The Balaban J connectivity index is 1.82. The molecular weight excluding hydrogens is 350 g/mol. The highest BCUT2D eigenvalue weighted by atomic mass is 16.2. The summed E-state index contributed by atoms with van der Waals surface area (Å²) in [6.07, 6.45) is 6.71. The van der Waals surface area contributed by atoms with E-state index in [0.29, 0.717) is 25.0 Å². The molecule has 1 saturated heterocycles. The van der Waals surface area contributed by atoms with Gasteiger partial charge in [0, 0.05) is 38.4 Å². The van der Waals surface area contributed by atoms with Gasteiger partial charge in [-0.25, -0.2) is 9.78 Å². The van der Waals surface area contributed by atoms with E-state index in [-0.39, 0.29) is 6.03 Å². The second-order valence-electron chi connectivity index (χ2n) is 8.14. The normalized spacial score (nSPS) is 15.7. The van der Waals surface area contributed by atoms with Crippen molar-refractivity contribution < 1.29 is 4.79 Å². The van der Waals surface area contributed by atoms with Gasteiger partial charge in [0.2, 0.25) is 0 Å². The van der Waals surface area contributed by atoms with Crippen molar-refractivity contribution in [2.75, 3.05) is 37.6 Å². The van der Waals surface area contributed by atoms with E-state index in [1.165, 1.54) is 19.3 Å². The largest absolute Gasteiger partial charge is 0.357 e. The van der Waals surface area contributed by atoms with Crippen LogP contribution in [0.1, 0.15) is 58.9 Å². The number of carbonyl (C=O) groups is 1. The molecule has 28 heavy (non-hydrogen) atoms. The van der Waals surface area contributed by atoms with Gasteiger partial charge < -0.3 is 15.5 Å². The molecular formula is C22H39N5O. The molecule has 6 nitrogen and oxygen atoms in total. The quantitative estimate of drug-likeness (QED) is 0.641. The highest BCUT2D eigenvalue weighted by molar-refractivity contribution is 5.73. The van der Waals surface area contributed by atoms with Crippen molar-refractivity contribution in [1.29, 1.82) is 0 Å². The Morgan fingerprint density at radius 3 is 2.54 bits per heavy atom. The molecule has 1 aliphatic rings. The summed E-state index contributed by atoms with van der Waals surface area (Å²) < 4.78 is 0. The van der Waals surface area contributed by atoms with Crippen LogP contribution in [0.25, 0.3) is 0 Å². The number of aromatic nitrogens is 1. The predicted molar refractivity (Wildman–Crippen MR) is 117 cm³/mol. The van der Waals surface area contributed by atoms with Gasteiger partial charge in [0.05, 0.1) is 0 Å². The first-order valence-corrected chi connectivity index (χ1v) is 11.0.